The van der Waals surface area contributed by atoms with Crippen LogP contribution >= 0.6 is 0 Å². The van der Waals surface area contributed by atoms with Gasteiger partial charge in [0.15, 0.2) is 5.82 Å². The van der Waals surface area contributed by atoms with Crippen LogP contribution in [0.4, 0.5) is 0 Å². The molecule has 3 amide bonds. The average molecular weight is 678 g/mol. The highest BCUT2D eigenvalue weighted by Crippen LogP contribution is 2.15. The Kier molecular flexibility index (Phi) is 19.5. The molecule has 1 heterocycles. The molecule has 2 atom stereocenters. The standard InChI is InChI=1S/C26H43N7O12S/c1-2-44-14-15-45-13-12-27-22(35)11-8-18(25(38)39)17-19(34)9-10-20(26(40)41)28-23(36)7-4-16-46(42,43)31-24(37)6-3-5-21-29-32-33-30-21/h18,20H,2-17H2,1H3,(H,27,35)(H,28,36)(H,31,37)(H,38,39)(H,40,41)(H,29,30,32,33). The van der Waals surface area contributed by atoms with Gasteiger partial charge in [0.1, 0.15) is 11.8 Å². The third-order valence-electron chi connectivity index (χ3n) is 6.31. The number of ketones is 1. The van der Waals surface area contributed by atoms with Crippen molar-refractivity contribution < 1.29 is 56.9 Å². The number of aromatic amines is 1. The molecule has 260 valence electrons. The molecule has 6 N–H and O–H groups in total. The molecule has 20 heteroatoms. The predicted molar refractivity (Wildman–Crippen MR) is 157 cm³/mol. The van der Waals surface area contributed by atoms with Crippen molar-refractivity contribution in [1.29, 1.82) is 0 Å². The molecule has 1 aromatic heterocycles. The second kappa shape index (κ2) is 22.5. The molecule has 1 rings (SSSR count). The molecule has 0 spiro atoms. The number of nitrogens with zero attached hydrogens (tertiary/aromatic N) is 3. The number of carbonyl (C=O) groups excluding carboxylic acids is 4. The summed E-state index contributed by atoms with van der Waals surface area (Å²) in [5, 5.41) is 36.8. The van der Waals surface area contributed by atoms with Gasteiger partial charge in [0.25, 0.3) is 0 Å². The average Bonchev–Trinajstić information content (AvgIpc) is 3.49. The van der Waals surface area contributed by atoms with Crippen LogP contribution in [0.25, 0.3) is 0 Å². The van der Waals surface area contributed by atoms with Gasteiger partial charge >= 0.3 is 11.9 Å². The molecule has 1 aromatic rings. The highest BCUT2D eigenvalue weighted by atomic mass is 32.2. The number of sulfonamides is 1. The summed E-state index contributed by atoms with van der Waals surface area (Å²) < 4.78 is 36.5. The van der Waals surface area contributed by atoms with Crippen molar-refractivity contribution in [3.63, 3.8) is 0 Å². The summed E-state index contributed by atoms with van der Waals surface area (Å²) in [7, 11) is -4.04. The Morgan fingerprint density at radius 1 is 0.870 bits per heavy atom. The first-order valence-corrected chi connectivity index (χ1v) is 16.4. The van der Waals surface area contributed by atoms with E-state index in [4.69, 9.17) is 9.47 Å². The van der Waals surface area contributed by atoms with Gasteiger partial charge in [-0.2, -0.15) is 5.21 Å². The number of carboxylic acid groups (broad SMARTS) is 2. The van der Waals surface area contributed by atoms with Crippen LogP contribution in [0, 0.1) is 5.92 Å². The first-order valence-electron chi connectivity index (χ1n) is 14.8. The summed E-state index contributed by atoms with van der Waals surface area (Å²) in [4.78, 5) is 71.8. The Bertz CT molecular complexity index is 1230. The molecule has 0 fully saturated rings. The van der Waals surface area contributed by atoms with E-state index >= 15 is 0 Å². The zero-order chi connectivity index (χ0) is 34.4. The Hall–Kier alpha value is -4.04. The number of tetrazole rings is 1. The molecule has 0 saturated carbocycles. The lowest BCUT2D eigenvalue weighted by atomic mass is 9.94. The Morgan fingerprint density at radius 3 is 2.24 bits per heavy atom. The summed E-state index contributed by atoms with van der Waals surface area (Å²) in [6.07, 6.45) is -1.45. The number of rotatable bonds is 27. The number of H-pyrrole nitrogens is 1. The number of carbonyl (C=O) groups is 6. The minimum atomic E-state index is -4.04. The molecule has 0 aliphatic rings. The lowest BCUT2D eigenvalue weighted by Gasteiger charge is -2.15. The molecular formula is C26H43N7O12S. The van der Waals surface area contributed by atoms with E-state index in [9.17, 15) is 47.4 Å². The van der Waals surface area contributed by atoms with Crippen LogP contribution < -0.4 is 15.4 Å². The Balaban J connectivity index is 2.36. The van der Waals surface area contributed by atoms with Crippen LogP contribution in [-0.2, 0) is 54.7 Å². The van der Waals surface area contributed by atoms with Crippen molar-refractivity contribution in [1.82, 2.24) is 36.0 Å². The number of Topliss-reactive ketones (excluding diaryl/α,β-unsaturated/α-hetero) is 1. The highest BCUT2D eigenvalue weighted by Gasteiger charge is 2.25. The number of amides is 3. The summed E-state index contributed by atoms with van der Waals surface area (Å²) in [5.41, 5.74) is 0. The van der Waals surface area contributed by atoms with Gasteiger partial charge in [-0.3, -0.25) is 28.7 Å². The van der Waals surface area contributed by atoms with Crippen molar-refractivity contribution in [3.05, 3.63) is 5.82 Å². The SMILES string of the molecule is CCOCCOCCNC(=O)CCC(CC(=O)CCC(NC(=O)CCCS(=O)(=O)NC(=O)CCCc1nn[nH]n1)C(=O)O)C(=O)O. The fraction of sp³-hybridized carbons (Fsp3) is 0.731. The number of hydrogen-bond donors (Lipinski definition) is 6. The summed E-state index contributed by atoms with van der Waals surface area (Å²) in [6.45, 7) is 3.70. The van der Waals surface area contributed by atoms with Gasteiger partial charge < -0.3 is 30.3 Å². The van der Waals surface area contributed by atoms with E-state index in [2.05, 4.69) is 31.3 Å². The van der Waals surface area contributed by atoms with E-state index in [1.165, 1.54) is 0 Å². The molecule has 19 nitrogen and oxygen atoms in total. The van der Waals surface area contributed by atoms with Crippen LogP contribution in [0.2, 0.25) is 0 Å². The van der Waals surface area contributed by atoms with Crippen LogP contribution in [-0.4, -0.2) is 119 Å². The molecule has 0 aliphatic carbocycles. The number of aromatic nitrogens is 4. The van der Waals surface area contributed by atoms with Crippen molar-refractivity contribution in [3.8, 4) is 0 Å². The van der Waals surface area contributed by atoms with Gasteiger partial charge in [0.2, 0.25) is 27.7 Å². The van der Waals surface area contributed by atoms with Gasteiger partial charge in [0, 0.05) is 51.7 Å². The molecule has 2 unspecified atom stereocenters. The first-order chi connectivity index (χ1) is 21.8. The maximum absolute atomic E-state index is 12.4. The molecule has 46 heavy (non-hydrogen) atoms. The van der Waals surface area contributed by atoms with Gasteiger partial charge in [-0.1, -0.05) is 5.21 Å². The summed E-state index contributed by atoms with van der Waals surface area (Å²) in [6, 6.07) is -1.48. The monoisotopic (exact) mass is 677 g/mol. The molecular weight excluding hydrogens is 634 g/mol. The van der Waals surface area contributed by atoms with Gasteiger partial charge in [-0.05, 0) is 32.6 Å². The minimum Gasteiger partial charge on any atom is -0.481 e. The number of aryl methyl sites for hydroxylation is 1. The summed E-state index contributed by atoms with van der Waals surface area (Å²) >= 11 is 0. The van der Waals surface area contributed by atoms with Crippen LogP contribution in [0.3, 0.4) is 0 Å². The zero-order valence-electron chi connectivity index (χ0n) is 25.7. The number of carboxylic acids is 2. The summed E-state index contributed by atoms with van der Waals surface area (Å²) in [5.74, 6) is -6.56. The molecule has 0 aliphatic heterocycles. The Morgan fingerprint density at radius 2 is 1.59 bits per heavy atom. The van der Waals surface area contributed by atoms with E-state index in [1.807, 2.05) is 11.6 Å². The number of aliphatic carboxylic acids is 2. The lowest BCUT2D eigenvalue weighted by Crippen LogP contribution is -2.41. The smallest absolute Gasteiger partial charge is 0.326 e. The van der Waals surface area contributed by atoms with Crippen molar-refractivity contribution >= 4 is 45.5 Å². The van der Waals surface area contributed by atoms with Crippen LogP contribution in [0.5, 0.6) is 0 Å². The van der Waals surface area contributed by atoms with Gasteiger partial charge in [0.05, 0.1) is 31.5 Å². The van der Waals surface area contributed by atoms with E-state index < -0.39 is 69.6 Å². The van der Waals surface area contributed by atoms with Gasteiger partial charge in [-0.25, -0.2) is 13.2 Å². The zero-order valence-corrected chi connectivity index (χ0v) is 26.5. The molecule has 0 radical (unpaired) electrons. The van der Waals surface area contributed by atoms with E-state index in [-0.39, 0.29) is 64.5 Å². The normalized spacial score (nSPS) is 12.5. The quantitative estimate of drug-likeness (QED) is 0.0591. The van der Waals surface area contributed by atoms with Crippen molar-refractivity contribution in [2.24, 2.45) is 5.92 Å². The van der Waals surface area contributed by atoms with Crippen molar-refractivity contribution in [2.75, 3.05) is 38.7 Å². The topological polar surface area (TPSA) is 286 Å². The largest absolute Gasteiger partial charge is 0.481 e. The highest BCUT2D eigenvalue weighted by molar-refractivity contribution is 7.90. The second-order valence-corrected chi connectivity index (χ2v) is 11.9. The number of nitrogens with one attached hydrogen (secondary N) is 4. The third-order valence-corrected chi connectivity index (χ3v) is 7.68. The van der Waals surface area contributed by atoms with Crippen molar-refractivity contribution in [2.45, 2.75) is 77.2 Å². The van der Waals surface area contributed by atoms with Crippen LogP contribution in [0.15, 0.2) is 0 Å². The van der Waals surface area contributed by atoms with E-state index in [0.29, 0.717) is 32.1 Å². The predicted octanol–water partition coefficient (Wildman–Crippen LogP) is -1.29. The number of ether oxygens (including phenoxy) is 2. The Labute approximate surface area is 266 Å². The maximum atomic E-state index is 12.4. The number of hydrogen-bond acceptors (Lipinski definition) is 13. The van der Waals surface area contributed by atoms with Gasteiger partial charge in [-0.15, -0.1) is 10.2 Å². The minimum absolute atomic E-state index is 0.109. The lowest BCUT2D eigenvalue weighted by molar-refractivity contribution is -0.145. The second-order valence-electron chi connectivity index (χ2n) is 10.1. The molecule has 0 aromatic carbocycles. The third kappa shape index (κ3) is 19.4. The van der Waals surface area contributed by atoms with Crippen LogP contribution in [0.1, 0.15) is 70.5 Å². The maximum Gasteiger partial charge on any atom is 0.326 e. The first kappa shape index (κ1) is 40.0. The van der Waals surface area contributed by atoms with E-state index in [0.717, 1.165) is 0 Å². The molecule has 0 saturated heterocycles. The molecule has 0 bridgehead atoms. The fourth-order valence-corrected chi connectivity index (χ4v) is 5.01. The van der Waals surface area contributed by atoms with E-state index in [1.54, 1.807) is 0 Å². The fourth-order valence-electron chi connectivity index (χ4n) is 3.93.